The molecule has 1 amide bonds. The molecule has 0 saturated heterocycles. The second-order valence-electron chi connectivity index (χ2n) is 5.66. The molecule has 3 nitrogen and oxygen atoms in total. The van der Waals surface area contributed by atoms with Gasteiger partial charge in [-0.25, -0.2) is 0 Å². The van der Waals surface area contributed by atoms with Gasteiger partial charge in [-0.1, -0.05) is 55.5 Å². The van der Waals surface area contributed by atoms with E-state index < -0.39 is 0 Å². The van der Waals surface area contributed by atoms with Crippen molar-refractivity contribution < 1.29 is 9.53 Å². The van der Waals surface area contributed by atoms with E-state index >= 15 is 0 Å². The van der Waals surface area contributed by atoms with Gasteiger partial charge in [-0.2, -0.15) is 0 Å². The lowest BCUT2D eigenvalue weighted by atomic mass is 9.95. The Balaban J connectivity index is 1.63. The van der Waals surface area contributed by atoms with E-state index in [0.717, 1.165) is 17.7 Å². The molecule has 3 heteroatoms. The molecule has 1 aliphatic heterocycles. The normalized spacial score (nSPS) is 17.4. The van der Waals surface area contributed by atoms with Crippen molar-refractivity contribution in [1.29, 1.82) is 0 Å². The van der Waals surface area contributed by atoms with Crippen molar-refractivity contribution in [3.05, 3.63) is 65.7 Å². The maximum Gasteiger partial charge on any atom is 0.227 e. The van der Waals surface area contributed by atoms with Crippen molar-refractivity contribution in [3.63, 3.8) is 0 Å². The molecule has 1 N–H and O–H groups in total. The lowest BCUT2D eigenvalue weighted by Gasteiger charge is -2.17. The molecule has 0 aliphatic carbocycles. The first kappa shape index (κ1) is 14.6. The van der Waals surface area contributed by atoms with Crippen LogP contribution >= 0.6 is 0 Å². The average Bonchev–Trinajstić information content (AvgIpc) is 2.98. The van der Waals surface area contributed by atoms with Crippen molar-refractivity contribution >= 4 is 5.91 Å². The van der Waals surface area contributed by atoms with Gasteiger partial charge >= 0.3 is 0 Å². The lowest BCUT2D eigenvalue weighted by Crippen LogP contribution is -2.33. The van der Waals surface area contributed by atoms with Gasteiger partial charge in [0.05, 0.1) is 12.5 Å². The summed E-state index contributed by atoms with van der Waals surface area (Å²) in [5.41, 5.74) is 2.26. The molecule has 2 aromatic rings. The maximum absolute atomic E-state index is 12.5. The molecule has 3 rings (SSSR count). The Kier molecular flexibility index (Phi) is 4.42. The van der Waals surface area contributed by atoms with E-state index in [2.05, 4.69) is 11.4 Å². The zero-order valence-electron chi connectivity index (χ0n) is 12.8. The highest BCUT2D eigenvalue weighted by molar-refractivity contribution is 5.83. The fraction of sp³-hybridized carbons (Fsp3) is 0.316. The van der Waals surface area contributed by atoms with Crippen LogP contribution in [0.4, 0.5) is 0 Å². The number of carbonyl (C=O) groups is 1. The van der Waals surface area contributed by atoms with Gasteiger partial charge in [0, 0.05) is 18.0 Å². The van der Waals surface area contributed by atoms with E-state index in [9.17, 15) is 4.79 Å². The van der Waals surface area contributed by atoms with E-state index in [1.165, 1.54) is 5.56 Å². The van der Waals surface area contributed by atoms with Crippen molar-refractivity contribution in [2.75, 3.05) is 13.2 Å². The lowest BCUT2D eigenvalue weighted by molar-refractivity contribution is -0.122. The molecule has 0 fully saturated rings. The first-order valence-corrected chi connectivity index (χ1v) is 7.84. The van der Waals surface area contributed by atoms with Crippen LogP contribution in [0.2, 0.25) is 0 Å². The summed E-state index contributed by atoms with van der Waals surface area (Å²) in [4.78, 5) is 12.5. The number of rotatable bonds is 5. The highest BCUT2D eigenvalue weighted by atomic mass is 16.5. The number of nitrogens with one attached hydrogen (secondary N) is 1. The van der Waals surface area contributed by atoms with Gasteiger partial charge < -0.3 is 10.1 Å². The van der Waals surface area contributed by atoms with Gasteiger partial charge in [-0.3, -0.25) is 4.79 Å². The van der Waals surface area contributed by atoms with E-state index in [1.54, 1.807) is 0 Å². The minimum Gasteiger partial charge on any atom is -0.493 e. The summed E-state index contributed by atoms with van der Waals surface area (Å²) in [7, 11) is 0. The number of amides is 1. The van der Waals surface area contributed by atoms with Crippen LogP contribution in [0, 0.1) is 0 Å². The summed E-state index contributed by atoms with van der Waals surface area (Å²) in [5.74, 6) is 1.20. The van der Waals surface area contributed by atoms with Crippen LogP contribution in [0.3, 0.4) is 0 Å². The van der Waals surface area contributed by atoms with Crippen molar-refractivity contribution in [2.45, 2.75) is 25.2 Å². The second kappa shape index (κ2) is 6.65. The Morgan fingerprint density at radius 1 is 1.18 bits per heavy atom. The minimum atomic E-state index is -0.0845. The second-order valence-corrected chi connectivity index (χ2v) is 5.66. The molecular formula is C19H21NO2. The molecule has 0 unspecified atom stereocenters. The summed E-state index contributed by atoms with van der Waals surface area (Å²) in [6.07, 6.45) is 0.799. The van der Waals surface area contributed by atoms with Crippen molar-refractivity contribution in [1.82, 2.24) is 5.32 Å². The fourth-order valence-electron chi connectivity index (χ4n) is 3.00. The molecule has 0 radical (unpaired) electrons. The molecule has 2 atom stereocenters. The van der Waals surface area contributed by atoms with E-state index in [4.69, 9.17) is 4.74 Å². The third kappa shape index (κ3) is 2.98. The van der Waals surface area contributed by atoms with Gasteiger partial charge in [0.2, 0.25) is 5.91 Å². The molecule has 22 heavy (non-hydrogen) atoms. The Morgan fingerprint density at radius 2 is 1.91 bits per heavy atom. The third-order valence-corrected chi connectivity index (χ3v) is 4.25. The Labute approximate surface area is 131 Å². The number of hydrogen-bond donors (Lipinski definition) is 1. The van der Waals surface area contributed by atoms with Gasteiger partial charge in [-0.15, -0.1) is 0 Å². The van der Waals surface area contributed by atoms with E-state index in [-0.39, 0.29) is 17.7 Å². The summed E-state index contributed by atoms with van der Waals surface area (Å²) in [6, 6.07) is 18.0. The summed E-state index contributed by atoms with van der Waals surface area (Å²) in [6.45, 7) is 3.31. The predicted octanol–water partition coefficient (Wildman–Crippen LogP) is 3.47. The summed E-state index contributed by atoms with van der Waals surface area (Å²) >= 11 is 0. The Hall–Kier alpha value is -2.29. The maximum atomic E-state index is 12.5. The van der Waals surface area contributed by atoms with Gasteiger partial charge in [0.15, 0.2) is 0 Å². The van der Waals surface area contributed by atoms with Gasteiger partial charge in [0.1, 0.15) is 5.75 Å². The molecule has 0 bridgehead atoms. The smallest absolute Gasteiger partial charge is 0.227 e. The molecular weight excluding hydrogens is 274 g/mol. The standard InChI is InChI=1S/C19H21NO2/c1-2-16(14-8-4-3-5-9-14)19(21)20-12-15-13-22-18-11-7-6-10-17(15)18/h3-11,15-16H,2,12-13H2,1H3,(H,20,21)/t15-,16+/m1/s1. The quantitative estimate of drug-likeness (QED) is 0.917. The Bertz CT molecular complexity index is 639. The monoisotopic (exact) mass is 295 g/mol. The number of ether oxygens (including phenoxy) is 1. The van der Waals surface area contributed by atoms with Crippen LogP contribution in [0.25, 0.3) is 0 Å². The highest BCUT2D eigenvalue weighted by Crippen LogP contribution is 2.33. The molecule has 0 saturated carbocycles. The van der Waals surface area contributed by atoms with Crippen LogP contribution < -0.4 is 10.1 Å². The van der Waals surface area contributed by atoms with Gasteiger partial charge in [-0.05, 0) is 18.1 Å². The molecule has 114 valence electrons. The third-order valence-electron chi connectivity index (χ3n) is 4.25. The zero-order chi connectivity index (χ0) is 15.4. The van der Waals surface area contributed by atoms with Gasteiger partial charge in [0.25, 0.3) is 0 Å². The first-order chi connectivity index (χ1) is 10.8. The largest absolute Gasteiger partial charge is 0.493 e. The number of para-hydroxylation sites is 1. The summed E-state index contributed by atoms with van der Waals surface area (Å²) in [5, 5.41) is 3.10. The number of carbonyl (C=O) groups excluding carboxylic acids is 1. The van der Waals surface area contributed by atoms with E-state index in [1.807, 2.05) is 55.5 Å². The minimum absolute atomic E-state index is 0.0845. The molecule has 0 aromatic heterocycles. The molecule has 1 aliphatic rings. The Morgan fingerprint density at radius 3 is 2.68 bits per heavy atom. The molecule has 2 aromatic carbocycles. The fourth-order valence-corrected chi connectivity index (χ4v) is 3.00. The number of benzene rings is 2. The van der Waals surface area contributed by atoms with Crippen LogP contribution in [0.5, 0.6) is 5.75 Å². The van der Waals surface area contributed by atoms with Crippen LogP contribution in [0.15, 0.2) is 54.6 Å². The van der Waals surface area contributed by atoms with Crippen LogP contribution in [0.1, 0.15) is 36.3 Å². The average molecular weight is 295 g/mol. The molecule has 0 spiro atoms. The van der Waals surface area contributed by atoms with E-state index in [0.29, 0.717) is 13.2 Å². The van der Waals surface area contributed by atoms with Crippen molar-refractivity contribution in [2.24, 2.45) is 0 Å². The SMILES string of the molecule is CC[C@H](C(=O)NC[C@@H]1COc2ccccc21)c1ccccc1. The topological polar surface area (TPSA) is 38.3 Å². The number of hydrogen-bond acceptors (Lipinski definition) is 2. The van der Waals surface area contributed by atoms with Crippen LogP contribution in [-0.2, 0) is 4.79 Å². The highest BCUT2D eigenvalue weighted by Gasteiger charge is 2.25. The predicted molar refractivity (Wildman–Crippen MR) is 87.2 cm³/mol. The molecule has 1 heterocycles. The number of fused-ring (bicyclic) bond motifs is 1. The summed E-state index contributed by atoms with van der Waals surface area (Å²) < 4.78 is 5.66. The van der Waals surface area contributed by atoms with Crippen molar-refractivity contribution in [3.8, 4) is 5.75 Å². The first-order valence-electron chi connectivity index (χ1n) is 7.84. The zero-order valence-corrected chi connectivity index (χ0v) is 12.8. The van der Waals surface area contributed by atoms with Crippen LogP contribution in [-0.4, -0.2) is 19.1 Å².